The van der Waals surface area contributed by atoms with Gasteiger partial charge in [-0.2, -0.15) is 13.2 Å². The second kappa shape index (κ2) is 6.93. The van der Waals surface area contributed by atoms with Crippen LogP contribution in [0.5, 0.6) is 0 Å². The summed E-state index contributed by atoms with van der Waals surface area (Å²) in [5.41, 5.74) is 1.92. The first-order valence-electron chi connectivity index (χ1n) is 7.19. The van der Waals surface area contributed by atoms with Crippen molar-refractivity contribution in [2.45, 2.75) is 44.9 Å². The molecule has 0 aliphatic heterocycles. The van der Waals surface area contributed by atoms with Crippen molar-refractivity contribution in [2.75, 3.05) is 6.54 Å². The minimum atomic E-state index is -4.07. The molecule has 0 fully saturated rings. The number of imidazole rings is 1. The first-order valence-corrected chi connectivity index (χ1v) is 7.19. The van der Waals surface area contributed by atoms with Crippen LogP contribution in [0, 0.1) is 0 Å². The molecule has 1 N–H and O–H groups in total. The number of para-hydroxylation sites is 2. The van der Waals surface area contributed by atoms with Gasteiger partial charge in [0.1, 0.15) is 0 Å². The minimum absolute atomic E-state index is 0.0231. The van der Waals surface area contributed by atoms with Crippen molar-refractivity contribution in [3.05, 3.63) is 30.6 Å². The molecule has 0 radical (unpaired) electrons. The number of halogens is 3. The van der Waals surface area contributed by atoms with Crippen molar-refractivity contribution in [1.29, 1.82) is 0 Å². The van der Waals surface area contributed by atoms with Gasteiger partial charge < -0.3 is 9.88 Å². The summed E-state index contributed by atoms with van der Waals surface area (Å²) in [5.74, 6) is 0. The Hall–Kier alpha value is -1.56. The van der Waals surface area contributed by atoms with E-state index in [9.17, 15) is 13.2 Å². The van der Waals surface area contributed by atoms with E-state index < -0.39 is 12.6 Å². The van der Waals surface area contributed by atoms with Gasteiger partial charge in [-0.3, -0.25) is 0 Å². The summed E-state index contributed by atoms with van der Waals surface area (Å²) in [6.45, 7) is 3.33. The minimum Gasteiger partial charge on any atom is -0.329 e. The number of nitrogens with one attached hydrogen (secondary N) is 1. The summed E-state index contributed by atoms with van der Waals surface area (Å²) in [6.07, 6.45) is -2.40. The number of nitrogens with zero attached hydrogens (tertiary/aromatic N) is 2. The topological polar surface area (TPSA) is 29.9 Å². The maximum atomic E-state index is 12.2. The molecule has 2 rings (SSSR count). The van der Waals surface area contributed by atoms with Gasteiger partial charge >= 0.3 is 6.18 Å². The predicted molar refractivity (Wildman–Crippen MR) is 77.1 cm³/mol. The van der Waals surface area contributed by atoms with Gasteiger partial charge in [-0.25, -0.2) is 4.98 Å². The summed E-state index contributed by atoms with van der Waals surface area (Å²) in [4.78, 5) is 4.31. The lowest BCUT2D eigenvalue weighted by atomic mass is 10.1. The highest BCUT2D eigenvalue weighted by Gasteiger charge is 2.26. The number of hydrogen-bond acceptors (Lipinski definition) is 2. The SMILES string of the molecule is CCNC(CCCC(F)(F)F)Cn1cnc2ccccc21. The highest BCUT2D eigenvalue weighted by Crippen LogP contribution is 2.23. The molecule has 1 aromatic heterocycles. The lowest BCUT2D eigenvalue weighted by Crippen LogP contribution is -2.33. The third kappa shape index (κ3) is 4.74. The standard InChI is InChI=1S/C15H20F3N3/c1-2-19-12(6-5-9-15(16,17)18)10-21-11-20-13-7-3-4-8-14(13)21/h3-4,7-8,11-12,19H,2,5-6,9-10H2,1H3. The smallest absolute Gasteiger partial charge is 0.329 e. The molecule has 1 atom stereocenters. The Bertz CT molecular complexity index is 563. The summed E-state index contributed by atoms with van der Waals surface area (Å²) >= 11 is 0. The average molecular weight is 299 g/mol. The second-order valence-corrected chi connectivity index (χ2v) is 5.15. The fourth-order valence-electron chi connectivity index (χ4n) is 2.49. The van der Waals surface area contributed by atoms with Crippen LogP contribution < -0.4 is 5.32 Å². The molecule has 0 aliphatic carbocycles. The largest absolute Gasteiger partial charge is 0.389 e. The Morgan fingerprint density at radius 2 is 2.05 bits per heavy atom. The van der Waals surface area contributed by atoms with Gasteiger partial charge in [0.15, 0.2) is 0 Å². The van der Waals surface area contributed by atoms with Gasteiger partial charge in [0, 0.05) is 19.0 Å². The first kappa shape index (κ1) is 15.8. The molecule has 6 heteroatoms. The van der Waals surface area contributed by atoms with Gasteiger partial charge in [0.25, 0.3) is 0 Å². The van der Waals surface area contributed by atoms with E-state index in [1.54, 1.807) is 6.33 Å². The Balaban J connectivity index is 1.99. The van der Waals surface area contributed by atoms with Crippen molar-refractivity contribution < 1.29 is 13.2 Å². The van der Waals surface area contributed by atoms with Crippen molar-refractivity contribution >= 4 is 11.0 Å². The fraction of sp³-hybridized carbons (Fsp3) is 0.533. The van der Waals surface area contributed by atoms with E-state index in [-0.39, 0.29) is 12.5 Å². The zero-order valence-electron chi connectivity index (χ0n) is 12.0. The fourth-order valence-corrected chi connectivity index (χ4v) is 2.49. The molecule has 0 amide bonds. The van der Waals surface area contributed by atoms with Crippen LogP contribution in [0.4, 0.5) is 13.2 Å². The molecule has 21 heavy (non-hydrogen) atoms. The molecule has 3 nitrogen and oxygen atoms in total. The van der Waals surface area contributed by atoms with E-state index >= 15 is 0 Å². The number of alkyl halides is 3. The van der Waals surface area contributed by atoms with Crippen molar-refractivity contribution in [3.8, 4) is 0 Å². The molecule has 0 saturated carbocycles. The van der Waals surface area contributed by atoms with Crippen LogP contribution in [0.1, 0.15) is 26.2 Å². The normalized spacial score (nSPS) is 13.7. The van der Waals surface area contributed by atoms with E-state index in [0.29, 0.717) is 13.0 Å². The number of benzene rings is 1. The Morgan fingerprint density at radius 1 is 1.29 bits per heavy atom. The Morgan fingerprint density at radius 3 is 2.76 bits per heavy atom. The molecular weight excluding hydrogens is 279 g/mol. The Labute approximate surface area is 122 Å². The van der Waals surface area contributed by atoms with Gasteiger partial charge in [0.2, 0.25) is 0 Å². The lowest BCUT2D eigenvalue weighted by molar-refractivity contribution is -0.135. The number of likely N-dealkylation sites (N-methyl/N-ethyl adjacent to an activating group) is 1. The maximum Gasteiger partial charge on any atom is 0.389 e. The molecule has 0 saturated heterocycles. The van der Waals surface area contributed by atoms with Crippen molar-refractivity contribution in [3.63, 3.8) is 0 Å². The molecule has 0 spiro atoms. The third-order valence-electron chi connectivity index (χ3n) is 3.45. The monoisotopic (exact) mass is 299 g/mol. The van der Waals surface area contributed by atoms with Gasteiger partial charge in [0.05, 0.1) is 17.4 Å². The summed E-state index contributed by atoms with van der Waals surface area (Å²) < 4.78 is 38.7. The summed E-state index contributed by atoms with van der Waals surface area (Å²) in [5, 5.41) is 3.26. The number of aromatic nitrogens is 2. The van der Waals surface area contributed by atoms with Crippen molar-refractivity contribution in [1.82, 2.24) is 14.9 Å². The van der Waals surface area contributed by atoms with Crippen LogP contribution in [0.2, 0.25) is 0 Å². The zero-order valence-corrected chi connectivity index (χ0v) is 12.0. The van der Waals surface area contributed by atoms with Crippen LogP contribution in [0.3, 0.4) is 0 Å². The molecule has 116 valence electrons. The second-order valence-electron chi connectivity index (χ2n) is 5.15. The highest BCUT2D eigenvalue weighted by atomic mass is 19.4. The molecule has 1 aromatic carbocycles. The van der Waals surface area contributed by atoms with E-state index in [1.807, 2.05) is 35.8 Å². The quantitative estimate of drug-likeness (QED) is 0.844. The van der Waals surface area contributed by atoms with Crippen LogP contribution >= 0.6 is 0 Å². The molecule has 1 unspecified atom stereocenters. The first-order chi connectivity index (χ1) is 9.99. The lowest BCUT2D eigenvalue weighted by Gasteiger charge is -2.19. The van der Waals surface area contributed by atoms with E-state index in [1.165, 1.54) is 0 Å². The van der Waals surface area contributed by atoms with Crippen LogP contribution in [0.25, 0.3) is 11.0 Å². The Kier molecular flexibility index (Phi) is 5.22. The number of fused-ring (bicyclic) bond motifs is 1. The number of hydrogen-bond donors (Lipinski definition) is 1. The van der Waals surface area contributed by atoms with Gasteiger partial charge in [-0.05, 0) is 31.5 Å². The highest BCUT2D eigenvalue weighted by molar-refractivity contribution is 5.74. The van der Waals surface area contributed by atoms with E-state index in [0.717, 1.165) is 17.6 Å². The third-order valence-corrected chi connectivity index (χ3v) is 3.45. The van der Waals surface area contributed by atoms with Crippen LogP contribution in [-0.4, -0.2) is 28.3 Å². The van der Waals surface area contributed by atoms with Gasteiger partial charge in [-0.1, -0.05) is 19.1 Å². The van der Waals surface area contributed by atoms with Crippen LogP contribution in [0.15, 0.2) is 30.6 Å². The summed E-state index contributed by atoms with van der Waals surface area (Å²) in [6, 6.07) is 7.78. The number of rotatable bonds is 7. The molecule has 2 aromatic rings. The zero-order chi connectivity index (χ0) is 15.3. The van der Waals surface area contributed by atoms with E-state index in [4.69, 9.17) is 0 Å². The molecular formula is C15H20F3N3. The molecule has 0 bridgehead atoms. The molecule has 1 heterocycles. The van der Waals surface area contributed by atoms with E-state index in [2.05, 4.69) is 10.3 Å². The average Bonchev–Trinajstić information content (AvgIpc) is 2.81. The van der Waals surface area contributed by atoms with Crippen molar-refractivity contribution in [2.24, 2.45) is 0 Å². The maximum absolute atomic E-state index is 12.2. The van der Waals surface area contributed by atoms with Gasteiger partial charge in [-0.15, -0.1) is 0 Å². The summed E-state index contributed by atoms with van der Waals surface area (Å²) in [7, 11) is 0. The predicted octanol–water partition coefficient (Wildman–Crippen LogP) is 3.75. The van der Waals surface area contributed by atoms with Crippen LogP contribution in [-0.2, 0) is 6.54 Å². The molecule has 0 aliphatic rings.